The molecule has 0 aliphatic heterocycles. The van der Waals surface area contributed by atoms with Crippen molar-refractivity contribution in [2.24, 2.45) is 0 Å². The van der Waals surface area contributed by atoms with Crippen LogP contribution in [0.5, 0.6) is 11.5 Å². The van der Waals surface area contributed by atoms with Crippen molar-refractivity contribution in [2.75, 3.05) is 6.61 Å². The van der Waals surface area contributed by atoms with Gasteiger partial charge in [0.25, 0.3) is 0 Å². The molecule has 1 amide bonds. The number of rotatable bonds is 7. The number of fused-ring (bicyclic) bond motifs is 1. The van der Waals surface area contributed by atoms with E-state index in [0.717, 1.165) is 33.9 Å². The maximum atomic E-state index is 11.2. The minimum absolute atomic E-state index is 0.0858. The lowest BCUT2D eigenvalue weighted by Gasteiger charge is -2.08. The summed E-state index contributed by atoms with van der Waals surface area (Å²) >= 11 is 0. The van der Waals surface area contributed by atoms with Gasteiger partial charge < -0.3 is 19.8 Å². The zero-order valence-corrected chi connectivity index (χ0v) is 15.2. The van der Waals surface area contributed by atoms with Crippen molar-refractivity contribution in [3.05, 3.63) is 53.9 Å². The number of nitrogens with one attached hydrogen (secondary N) is 2. The molecule has 3 aromatic rings. The summed E-state index contributed by atoms with van der Waals surface area (Å²) in [4.78, 5) is 18.9. The Kier molecular flexibility index (Phi) is 5.41. The molecule has 1 aromatic heterocycles. The number of amides is 1. The third-order valence-corrected chi connectivity index (χ3v) is 3.94. The Balaban J connectivity index is 1.67. The van der Waals surface area contributed by atoms with E-state index in [1.807, 2.05) is 56.3 Å². The Bertz CT molecular complexity index is 887. The van der Waals surface area contributed by atoms with Crippen molar-refractivity contribution in [1.29, 1.82) is 0 Å². The van der Waals surface area contributed by atoms with Gasteiger partial charge in [-0.1, -0.05) is 12.1 Å². The van der Waals surface area contributed by atoms with Crippen molar-refractivity contribution in [1.82, 2.24) is 15.3 Å². The van der Waals surface area contributed by atoms with Crippen LogP contribution >= 0.6 is 0 Å². The lowest BCUT2D eigenvalue weighted by molar-refractivity contribution is -0.119. The van der Waals surface area contributed by atoms with Crippen molar-refractivity contribution >= 4 is 16.9 Å². The van der Waals surface area contributed by atoms with E-state index in [-0.39, 0.29) is 11.9 Å². The van der Waals surface area contributed by atoms with Crippen molar-refractivity contribution in [3.63, 3.8) is 0 Å². The summed E-state index contributed by atoms with van der Waals surface area (Å²) in [5.74, 6) is 2.25. The van der Waals surface area contributed by atoms with Gasteiger partial charge in [-0.15, -0.1) is 0 Å². The maximum Gasteiger partial charge on any atom is 0.217 e. The summed E-state index contributed by atoms with van der Waals surface area (Å²) in [5.41, 5.74) is 2.78. The third-order valence-electron chi connectivity index (χ3n) is 3.94. The summed E-state index contributed by atoms with van der Waals surface area (Å²) in [5, 5.41) is 2.82. The normalized spacial score (nSPS) is 12.0. The van der Waals surface area contributed by atoms with E-state index < -0.39 is 0 Å². The summed E-state index contributed by atoms with van der Waals surface area (Å²) in [7, 11) is 0. The molecule has 2 N–H and O–H groups in total. The molecule has 6 heteroatoms. The average Bonchev–Trinajstić information content (AvgIpc) is 3.04. The van der Waals surface area contributed by atoms with E-state index in [4.69, 9.17) is 9.47 Å². The van der Waals surface area contributed by atoms with Crippen LogP contribution in [0.1, 0.15) is 38.2 Å². The minimum atomic E-state index is -0.173. The monoisotopic (exact) mass is 353 g/mol. The number of carbonyl (C=O) groups excluding carboxylic acids is 1. The molecule has 0 saturated carbocycles. The molecule has 0 aliphatic rings. The van der Waals surface area contributed by atoms with E-state index in [9.17, 15) is 4.79 Å². The quantitative estimate of drug-likeness (QED) is 0.678. The highest BCUT2D eigenvalue weighted by atomic mass is 16.5. The lowest BCUT2D eigenvalue weighted by atomic mass is 10.2. The largest absolute Gasteiger partial charge is 0.494 e. The molecule has 1 unspecified atom stereocenters. The first-order chi connectivity index (χ1) is 12.5. The number of carbonyl (C=O) groups is 1. The number of hydrogen-bond donors (Lipinski definition) is 2. The maximum absolute atomic E-state index is 11.2. The van der Waals surface area contributed by atoms with Crippen molar-refractivity contribution < 1.29 is 14.3 Å². The fourth-order valence-electron chi connectivity index (χ4n) is 2.69. The summed E-state index contributed by atoms with van der Waals surface area (Å²) in [6.07, 6.45) is 0. The number of H-pyrrole nitrogens is 1. The fourth-order valence-corrected chi connectivity index (χ4v) is 2.69. The van der Waals surface area contributed by atoms with E-state index >= 15 is 0 Å². The van der Waals surface area contributed by atoms with Gasteiger partial charge in [-0.2, -0.15) is 0 Å². The number of imidazole rings is 1. The Hall–Kier alpha value is -3.02. The molecule has 3 rings (SSSR count). The molecule has 2 aromatic carbocycles. The first-order valence-electron chi connectivity index (χ1n) is 8.66. The van der Waals surface area contributed by atoms with Gasteiger partial charge in [0, 0.05) is 13.0 Å². The van der Waals surface area contributed by atoms with Gasteiger partial charge in [0.1, 0.15) is 23.9 Å². The molecule has 0 spiro atoms. The Labute approximate surface area is 152 Å². The molecule has 136 valence electrons. The van der Waals surface area contributed by atoms with Gasteiger partial charge in [-0.25, -0.2) is 4.98 Å². The fraction of sp³-hybridized carbons (Fsp3) is 0.300. The highest BCUT2D eigenvalue weighted by Gasteiger charge is 2.12. The summed E-state index contributed by atoms with van der Waals surface area (Å²) in [6.45, 7) is 6.48. The second-order valence-corrected chi connectivity index (χ2v) is 6.09. The molecule has 6 nitrogen and oxygen atoms in total. The Morgan fingerprint density at radius 2 is 1.88 bits per heavy atom. The highest BCUT2D eigenvalue weighted by molar-refractivity contribution is 5.77. The van der Waals surface area contributed by atoms with Crippen LogP contribution in [0.25, 0.3) is 11.0 Å². The highest BCUT2D eigenvalue weighted by Crippen LogP contribution is 2.22. The second kappa shape index (κ2) is 7.91. The molecule has 0 radical (unpaired) electrons. The zero-order valence-electron chi connectivity index (χ0n) is 15.2. The van der Waals surface area contributed by atoms with Crippen LogP contribution in [-0.2, 0) is 11.4 Å². The van der Waals surface area contributed by atoms with Crippen LogP contribution in [0.4, 0.5) is 0 Å². The Morgan fingerprint density at radius 1 is 1.15 bits per heavy atom. The average molecular weight is 353 g/mol. The predicted molar refractivity (Wildman–Crippen MR) is 100 cm³/mol. The van der Waals surface area contributed by atoms with Gasteiger partial charge in [0.2, 0.25) is 5.91 Å². The molecule has 1 atom stereocenters. The first-order valence-corrected chi connectivity index (χ1v) is 8.66. The topological polar surface area (TPSA) is 76.2 Å². The van der Waals surface area contributed by atoms with Crippen LogP contribution in [0, 0.1) is 0 Å². The number of hydrogen-bond acceptors (Lipinski definition) is 4. The molecular formula is C20H23N3O3. The van der Waals surface area contributed by atoms with E-state index in [1.165, 1.54) is 6.92 Å². The number of benzene rings is 2. The molecule has 0 aliphatic carbocycles. The summed E-state index contributed by atoms with van der Waals surface area (Å²) < 4.78 is 11.3. The van der Waals surface area contributed by atoms with Crippen LogP contribution in [0.15, 0.2) is 42.5 Å². The first kappa shape index (κ1) is 17.8. The number of nitrogens with zero attached hydrogens (tertiary/aromatic N) is 1. The van der Waals surface area contributed by atoms with Crippen LogP contribution in [0.2, 0.25) is 0 Å². The second-order valence-electron chi connectivity index (χ2n) is 6.09. The molecule has 0 fully saturated rings. The zero-order chi connectivity index (χ0) is 18.5. The van der Waals surface area contributed by atoms with E-state index in [0.29, 0.717) is 13.2 Å². The van der Waals surface area contributed by atoms with Gasteiger partial charge in [-0.3, -0.25) is 4.79 Å². The number of aromatic amines is 1. The number of aromatic nitrogens is 2. The van der Waals surface area contributed by atoms with E-state index in [2.05, 4.69) is 15.3 Å². The smallest absolute Gasteiger partial charge is 0.217 e. The summed E-state index contributed by atoms with van der Waals surface area (Å²) in [6, 6.07) is 13.4. The van der Waals surface area contributed by atoms with Gasteiger partial charge in [-0.05, 0) is 43.7 Å². The molecule has 0 bridgehead atoms. The van der Waals surface area contributed by atoms with Crippen molar-refractivity contribution in [2.45, 2.75) is 33.4 Å². The van der Waals surface area contributed by atoms with Crippen LogP contribution in [0.3, 0.4) is 0 Å². The molecular weight excluding hydrogens is 330 g/mol. The van der Waals surface area contributed by atoms with Gasteiger partial charge >= 0.3 is 0 Å². The molecule has 0 saturated heterocycles. The van der Waals surface area contributed by atoms with Gasteiger partial charge in [0.05, 0.1) is 23.7 Å². The number of ether oxygens (including phenoxy) is 2. The predicted octanol–water partition coefficient (Wildman–Crippen LogP) is 3.74. The minimum Gasteiger partial charge on any atom is -0.494 e. The third kappa shape index (κ3) is 4.33. The Morgan fingerprint density at radius 3 is 2.58 bits per heavy atom. The SMILES string of the molecule is CCOc1ccc(COc2ccc3nc(C(C)NC(C)=O)[nH]c3c2)cc1. The van der Waals surface area contributed by atoms with E-state index in [1.54, 1.807) is 0 Å². The molecule has 26 heavy (non-hydrogen) atoms. The lowest BCUT2D eigenvalue weighted by Crippen LogP contribution is -2.24. The standard InChI is InChI=1S/C20H23N3O3/c1-4-25-16-7-5-15(6-8-16)12-26-17-9-10-18-19(11-17)23-20(22-18)13(2)21-14(3)24/h5-11,13H,4,12H2,1-3H3,(H,21,24)(H,22,23). The van der Waals surface area contributed by atoms with Crippen LogP contribution in [-0.4, -0.2) is 22.5 Å². The van der Waals surface area contributed by atoms with Crippen LogP contribution < -0.4 is 14.8 Å². The molecule has 1 heterocycles. The van der Waals surface area contributed by atoms with Crippen molar-refractivity contribution in [3.8, 4) is 11.5 Å². The van der Waals surface area contributed by atoms with Gasteiger partial charge in [0.15, 0.2) is 0 Å².